The van der Waals surface area contributed by atoms with E-state index in [1.165, 1.54) is 6.07 Å². The van der Waals surface area contributed by atoms with E-state index in [0.29, 0.717) is 22.6 Å². The molecule has 0 bridgehead atoms. The first kappa shape index (κ1) is 14.4. The van der Waals surface area contributed by atoms with E-state index in [0.717, 1.165) is 11.1 Å². The van der Waals surface area contributed by atoms with Crippen molar-refractivity contribution in [3.63, 3.8) is 0 Å². The van der Waals surface area contributed by atoms with Crippen molar-refractivity contribution in [2.75, 3.05) is 11.9 Å². The average Bonchev–Trinajstić information content (AvgIpc) is 2.40. The van der Waals surface area contributed by atoms with Crippen LogP contribution in [0.2, 0.25) is 5.02 Å². The van der Waals surface area contributed by atoms with Crippen LogP contribution in [-0.4, -0.2) is 7.05 Å². The van der Waals surface area contributed by atoms with Gasteiger partial charge in [-0.15, -0.1) is 0 Å². The Hall–Kier alpha value is -1.06. The molecule has 2 aromatic rings. The summed E-state index contributed by atoms with van der Waals surface area (Å²) in [5.74, 6) is -0.201. The summed E-state index contributed by atoms with van der Waals surface area (Å²) < 4.78 is 14.0. The number of alkyl halides is 1. The lowest BCUT2D eigenvalue weighted by molar-refractivity contribution is 0.620. The van der Waals surface area contributed by atoms with Gasteiger partial charge in [0.25, 0.3) is 0 Å². The highest BCUT2D eigenvalue weighted by Gasteiger charge is 2.12. The minimum absolute atomic E-state index is 0.201. The molecule has 0 heterocycles. The minimum atomic E-state index is -0.201. The Balaban J connectivity index is 2.24. The van der Waals surface area contributed by atoms with E-state index in [9.17, 15) is 4.39 Å². The van der Waals surface area contributed by atoms with Crippen LogP contribution in [0.15, 0.2) is 42.5 Å². The highest BCUT2D eigenvalue weighted by atomic mass is 79.9. The van der Waals surface area contributed by atoms with Crippen molar-refractivity contribution in [2.24, 2.45) is 0 Å². The quantitative estimate of drug-likeness (QED) is 0.706. The van der Waals surface area contributed by atoms with E-state index in [2.05, 4.69) is 15.9 Å². The van der Waals surface area contributed by atoms with Crippen LogP contribution >= 0.6 is 27.5 Å². The fourth-order valence-electron chi connectivity index (χ4n) is 2.04. The summed E-state index contributed by atoms with van der Waals surface area (Å²) in [4.78, 5) is 1.91. The number of halogens is 3. The van der Waals surface area contributed by atoms with Crippen LogP contribution < -0.4 is 4.90 Å². The number of rotatable bonds is 4. The van der Waals surface area contributed by atoms with Crippen LogP contribution in [0.25, 0.3) is 0 Å². The van der Waals surface area contributed by atoms with Crippen molar-refractivity contribution in [3.8, 4) is 0 Å². The first-order valence-electron chi connectivity index (χ1n) is 5.90. The van der Waals surface area contributed by atoms with Gasteiger partial charge in [0, 0.05) is 23.9 Å². The van der Waals surface area contributed by atoms with Gasteiger partial charge in [0.05, 0.1) is 5.69 Å². The molecule has 0 aliphatic rings. The summed E-state index contributed by atoms with van der Waals surface area (Å²) in [5.41, 5.74) is 2.67. The molecule has 0 amide bonds. The molecular weight excluding hydrogens is 329 g/mol. The fourth-order valence-corrected chi connectivity index (χ4v) is 2.62. The van der Waals surface area contributed by atoms with E-state index >= 15 is 0 Å². The van der Waals surface area contributed by atoms with Gasteiger partial charge in [0.1, 0.15) is 5.82 Å². The Morgan fingerprint density at radius 1 is 1.16 bits per heavy atom. The third kappa shape index (κ3) is 3.48. The molecule has 4 heteroatoms. The molecule has 0 aliphatic carbocycles. The van der Waals surface area contributed by atoms with E-state index in [-0.39, 0.29) is 5.82 Å². The van der Waals surface area contributed by atoms with Crippen LogP contribution in [0.5, 0.6) is 0 Å². The zero-order chi connectivity index (χ0) is 13.8. The maximum Gasteiger partial charge on any atom is 0.146 e. The van der Waals surface area contributed by atoms with Crippen molar-refractivity contribution in [2.45, 2.75) is 11.9 Å². The lowest BCUT2D eigenvalue weighted by atomic mass is 10.1. The third-order valence-electron chi connectivity index (χ3n) is 2.93. The second kappa shape index (κ2) is 6.40. The molecular formula is C15H14BrClFN. The van der Waals surface area contributed by atoms with Crippen LogP contribution in [0, 0.1) is 5.82 Å². The minimum Gasteiger partial charge on any atom is -0.368 e. The van der Waals surface area contributed by atoms with Gasteiger partial charge in [0.2, 0.25) is 0 Å². The lowest BCUT2D eigenvalue weighted by Crippen LogP contribution is -2.19. The summed E-state index contributed by atoms with van der Waals surface area (Å²) in [6.07, 6.45) is 0. The molecule has 0 fully saturated rings. The molecule has 2 rings (SSSR count). The van der Waals surface area contributed by atoms with Gasteiger partial charge in [0.15, 0.2) is 0 Å². The smallest absolute Gasteiger partial charge is 0.146 e. The van der Waals surface area contributed by atoms with Crippen LogP contribution in [-0.2, 0) is 11.9 Å². The van der Waals surface area contributed by atoms with Crippen molar-refractivity contribution < 1.29 is 4.39 Å². The van der Waals surface area contributed by atoms with E-state index < -0.39 is 0 Å². The second-order valence-electron chi connectivity index (χ2n) is 4.36. The molecule has 0 aromatic heterocycles. The van der Waals surface area contributed by atoms with Gasteiger partial charge < -0.3 is 4.90 Å². The normalized spacial score (nSPS) is 10.5. The Labute approximate surface area is 126 Å². The second-order valence-corrected chi connectivity index (χ2v) is 5.36. The monoisotopic (exact) mass is 341 g/mol. The van der Waals surface area contributed by atoms with Crippen LogP contribution in [0.4, 0.5) is 10.1 Å². The van der Waals surface area contributed by atoms with Crippen molar-refractivity contribution >= 4 is 33.2 Å². The number of anilines is 1. The van der Waals surface area contributed by atoms with E-state index in [1.54, 1.807) is 6.07 Å². The van der Waals surface area contributed by atoms with E-state index in [1.807, 2.05) is 42.3 Å². The maximum atomic E-state index is 14.0. The summed E-state index contributed by atoms with van der Waals surface area (Å²) in [6, 6.07) is 12.7. The molecule has 0 radical (unpaired) electrons. The average molecular weight is 343 g/mol. The SMILES string of the molecule is CN(Cc1ccc(Cl)cc1)c1c(F)cccc1CBr. The van der Waals surface area contributed by atoms with Crippen molar-refractivity contribution in [1.29, 1.82) is 0 Å². The molecule has 0 saturated heterocycles. The van der Waals surface area contributed by atoms with Gasteiger partial charge in [-0.1, -0.05) is 51.8 Å². The van der Waals surface area contributed by atoms with Gasteiger partial charge in [-0.2, -0.15) is 0 Å². The molecule has 19 heavy (non-hydrogen) atoms. The first-order chi connectivity index (χ1) is 9.11. The zero-order valence-electron chi connectivity index (χ0n) is 10.5. The fraction of sp³-hybridized carbons (Fsp3) is 0.200. The Kier molecular flexibility index (Phi) is 4.83. The van der Waals surface area contributed by atoms with Crippen LogP contribution in [0.3, 0.4) is 0 Å². The number of hydrogen-bond donors (Lipinski definition) is 0. The molecule has 0 atom stereocenters. The third-order valence-corrected chi connectivity index (χ3v) is 3.79. The van der Waals surface area contributed by atoms with Crippen molar-refractivity contribution in [3.05, 3.63) is 64.4 Å². The Bertz CT molecular complexity index is 557. The molecule has 0 saturated carbocycles. The van der Waals surface area contributed by atoms with Gasteiger partial charge in [-0.05, 0) is 29.3 Å². The number of hydrogen-bond acceptors (Lipinski definition) is 1. The molecule has 1 nitrogen and oxygen atoms in total. The highest BCUT2D eigenvalue weighted by Crippen LogP contribution is 2.26. The Morgan fingerprint density at radius 2 is 1.84 bits per heavy atom. The van der Waals surface area contributed by atoms with E-state index in [4.69, 9.17) is 11.6 Å². The number of nitrogens with zero attached hydrogens (tertiary/aromatic N) is 1. The molecule has 2 aromatic carbocycles. The molecule has 0 N–H and O–H groups in total. The van der Waals surface area contributed by atoms with Gasteiger partial charge in [-0.3, -0.25) is 0 Å². The summed E-state index contributed by atoms with van der Waals surface area (Å²) >= 11 is 9.25. The maximum absolute atomic E-state index is 14.0. The summed E-state index contributed by atoms with van der Waals surface area (Å²) in [5, 5.41) is 1.34. The lowest BCUT2D eigenvalue weighted by Gasteiger charge is -2.22. The van der Waals surface area contributed by atoms with Gasteiger partial charge in [-0.25, -0.2) is 4.39 Å². The number of benzene rings is 2. The molecule has 0 aliphatic heterocycles. The Morgan fingerprint density at radius 3 is 2.47 bits per heavy atom. The van der Waals surface area contributed by atoms with Crippen molar-refractivity contribution in [1.82, 2.24) is 0 Å². The molecule has 100 valence electrons. The topological polar surface area (TPSA) is 3.24 Å². The van der Waals surface area contributed by atoms with Crippen LogP contribution in [0.1, 0.15) is 11.1 Å². The molecule has 0 spiro atoms. The first-order valence-corrected chi connectivity index (χ1v) is 7.40. The highest BCUT2D eigenvalue weighted by molar-refractivity contribution is 9.08. The van der Waals surface area contributed by atoms with Gasteiger partial charge >= 0.3 is 0 Å². The largest absolute Gasteiger partial charge is 0.368 e. The standard InChI is InChI=1S/C15H14BrClFN/c1-19(10-11-5-7-13(17)8-6-11)15-12(9-16)3-2-4-14(15)18/h2-8H,9-10H2,1H3. The number of para-hydroxylation sites is 1. The summed E-state index contributed by atoms with van der Waals surface area (Å²) in [6.45, 7) is 0.637. The predicted octanol–water partition coefficient (Wildman–Crippen LogP) is 5.01. The summed E-state index contributed by atoms with van der Waals surface area (Å²) in [7, 11) is 1.89. The molecule has 0 unspecified atom stereocenters. The zero-order valence-corrected chi connectivity index (χ0v) is 12.9. The predicted molar refractivity (Wildman–Crippen MR) is 82.6 cm³/mol.